The van der Waals surface area contributed by atoms with E-state index in [1.54, 1.807) is 42.6 Å². The van der Waals surface area contributed by atoms with Gasteiger partial charge < -0.3 is 9.47 Å². The molecule has 0 unspecified atom stereocenters. The van der Waals surface area contributed by atoms with Crippen molar-refractivity contribution in [3.05, 3.63) is 65.5 Å². The summed E-state index contributed by atoms with van der Waals surface area (Å²) in [5.74, 6) is -0.993. The lowest BCUT2D eigenvalue weighted by Crippen LogP contribution is -2.08. The van der Waals surface area contributed by atoms with Gasteiger partial charge in [0.2, 0.25) is 0 Å². The van der Waals surface area contributed by atoms with Crippen LogP contribution in [0.5, 0.6) is 5.75 Å². The van der Waals surface area contributed by atoms with Gasteiger partial charge >= 0.3 is 11.9 Å². The van der Waals surface area contributed by atoms with E-state index in [4.69, 9.17) is 10.00 Å². The molecule has 0 N–H and O–H groups in total. The molecule has 0 fully saturated rings. The normalized spacial score (nSPS) is 10.5. The lowest BCUT2D eigenvalue weighted by atomic mass is 10.1. The molecule has 114 valence electrons. The number of ether oxygens (including phenoxy) is 2. The Morgan fingerprint density at radius 3 is 2.74 bits per heavy atom. The standard InChI is InChI=1S/C17H12N2O4/c1-22-16(20)14(10-18)8-12-4-2-6-15(9-12)23-17(21)13-5-3-7-19-11-13/h2-9,11H,1H3/b14-8+. The molecule has 1 aromatic heterocycles. The Kier molecular flexibility index (Phi) is 5.21. The lowest BCUT2D eigenvalue weighted by Gasteiger charge is -2.05. The predicted octanol–water partition coefficient (Wildman–Crippen LogP) is 2.38. The molecule has 0 radical (unpaired) electrons. The first-order valence-corrected chi connectivity index (χ1v) is 6.56. The molecule has 23 heavy (non-hydrogen) atoms. The smallest absolute Gasteiger partial charge is 0.348 e. The molecular weight excluding hydrogens is 296 g/mol. The molecule has 1 aromatic carbocycles. The van der Waals surface area contributed by atoms with E-state index in [1.807, 2.05) is 0 Å². The first kappa shape index (κ1) is 15.9. The molecule has 2 aromatic rings. The molecule has 0 saturated carbocycles. The summed E-state index contributed by atoms with van der Waals surface area (Å²) in [5, 5.41) is 8.94. The van der Waals surface area contributed by atoms with Crippen LogP contribution in [0.1, 0.15) is 15.9 Å². The van der Waals surface area contributed by atoms with Crippen molar-refractivity contribution in [1.29, 1.82) is 5.26 Å². The molecule has 0 aliphatic carbocycles. The van der Waals surface area contributed by atoms with Crippen molar-refractivity contribution in [1.82, 2.24) is 4.98 Å². The maximum Gasteiger partial charge on any atom is 0.348 e. The number of pyridine rings is 1. The van der Waals surface area contributed by atoms with E-state index in [-0.39, 0.29) is 11.3 Å². The fraction of sp³-hybridized carbons (Fsp3) is 0.0588. The van der Waals surface area contributed by atoms with Gasteiger partial charge in [0.25, 0.3) is 0 Å². The van der Waals surface area contributed by atoms with Crippen molar-refractivity contribution < 1.29 is 19.1 Å². The summed E-state index contributed by atoms with van der Waals surface area (Å²) in [4.78, 5) is 27.2. The number of nitriles is 1. The van der Waals surface area contributed by atoms with E-state index in [0.29, 0.717) is 11.1 Å². The topological polar surface area (TPSA) is 89.3 Å². The van der Waals surface area contributed by atoms with Crippen LogP contribution in [0.3, 0.4) is 0 Å². The summed E-state index contributed by atoms with van der Waals surface area (Å²) in [5.41, 5.74) is 0.701. The van der Waals surface area contributed by atoms with Gasteiger partial charge in [-0.1, -0.05) is 12.1 Å². The van der Waals surface area contributed by atoms with Gasteiger partial charge in [0.1, 0.15) is 17.4 Å². The first-order valence-electron chi connectivity index (χ1n) is 6.56. The molecule has 0 bridgehead atoms. The quantitative estimate of drug-likeness (QED) is 0.373. The summed E-state index contributed by atoms with van der Waals surface area (Å²) >= 11 is 0. The van der Waals surface area contributed by atoms with Crippen molar-refractivity contribution in [2.24, 2.45) is 0 Å². The molecule has 0 saturated heterocycles. The summed E-state index contributed by atoms with van der Waals surface area (Å²) < 4.78 is 9.74. The second kappa shape index (κ2) is 7.52. The van der Waals surface area contributed by atoms with Crippen LogP contribution >= 0.6 is 0 Å². The van der Waals surface area contributed by atoms with Gasteiger partial charge in [-0.05, 0) is 35.9 Å². The van der Waals surface area contributed by atoms with Crippen LogP contribution in [-0.4, -0.2) is 24.0 Å². The summed E-state index contributed by atoms with van der Waals surface area (Å²) in [6.07, 6.45) is 4.31. The molecule has 2 rings (SSSR count). The summed E-state index contributed by atoms with van der Waals surface area (Å²) in [6.45, 7) is 0. The van der Waals surface area contributed by atoms with Crippen LogP contribution < -0.4 is 4.74 Å². The van der Waals surface area contributed by atoms with Gasteiger partial charge in [-0.15, -0.1) is 0 Å². The van der Waals surface area contributed by atoms with E-state index < -0.39 is 11.9 Å². The molecule has 6 heteroatoms. The number of rotatable bonds is 4. The zero-order valence-corrected chi connectivity index (χ0v) is 12.2. The number of esters is 2. The van der Waals surface area contributed by atoms with E-state index in [0.717, 1.165) is 0 Å². The zero-order valence-electron chi connectivity index (χ0n) is 12.2. The average Bonchev–Trinajstić information content (AvgIpc) is 2.60. The summed E-state index contributed by atoms with van der Waals surface area (Å²) in [7, 11) is 1.19. The number of hydrogen-bond donors (Lipinski definition) is 0. The largest absolute Gasteiger partial charge is 0.465 e. The van der Waals surface area contributed by atoms with Crippen LogP contribution in [0.25, 0.3) is 6.08 Å². The third-order valence-corrected chi connectivity index (χ3v) is 2.80. The Balaban J connectivity index is 2.21. The fourth-order valence-corrected chi connectivity index (χ4v) is 1.73. The Morgan fingerprint density at radius 1 is 1.26 bits per heavy atom. The van der Waals surface area contributed by atoms with Crippen molar-refractivity contribution in [3.63, 3.8) is 0 Å². The average molecular weight is 308 g/mol. The predicted molar refractivity (Wildman–Crippen MR) is 81.2 cm³/mol. The number of nitrogens with zero attached hydrogens (tertiary/aromatic N) is 2. The molecular formula is C17H12N2O4. The SMILES string of the molecule is COC(=O)/C(C#N)=C/c1cccc(OC(=O)c2cccnc2)c1. The number of benzene rings is 1. The Bertz CT molecular complexity index is 792. The van der Waals surface area contributed by atoms with Gasteiger partial charge in [-0.25, -0.2) is 9.59 Å². The minimum absolute atomic E-state index is 0.150. The number of methoxy groups -OCH3 is 1. The van der Waals surface area contributed by atoms with Gasteiger partial charge in [-0.3, -0.25) is 4.98 Å². The van der Waals surface area contributed by atoms with Crippen LogP contribution in [0.2, 0.25) is 0 Å². The Labute approximate surface area is 132 Å². The van der Waals surface area contributed by atoms with Gasteiger partial charge in [-0.2, -0.15) is 5.26 Å². The Morgan fingerprint density at radius 2 is 2.09 bits per heavy atom. The highest BCUT2D eigenvalue weighted by molar-refractivity contribution is 5.97. The first-order chi connectivity index (χ1) is 11.1. The second-order valence-electron chi connectivity index (χ2n) is 4.37. The van der Waals surface area contributed by atoms with Crippen LogP contribution in [0.4, 0.5) is 0 Å². The summed E-state index contributed by atoms with van der Waals surface area (Å²) in [6, 6.07) is 11.4. The van der Waals surface area contributed by atoms with Crippen LogP contribution in [-0.2, 0) is 9.53 Å². The van der Waals surface area contributed by atoms with E-state index in [2.05, 4.69) is 9.72 Å². The Hall–Kier alpha value is -3.46. The maximum absolute atomic E-state index is 12.0. The maximum atomic E-state index is 12.0. The van der Waals surface area contributed by atoms with Crippen LogP contribution in [0, 0.1) is 11.3 Å². The number of aromatic nitrogens is 1. The third kappa shape index (κ3) is 4.25. The third-order valence-electron chi connectivity index (χ3n) is 2.80. The fourth-order valence-electron chi connectivity index (χ4n) is 1.73. The number of hydrogen-bond acceptors (Lipinski definition) is 6. The van der Waals surface area contributed by atoms with Gasteiger partial charge in [0.15, 0.2) is 0 Å². The highest BCUT2D eigenvalue weighted by Gasteiger charge is 2.10. The van der Waals surface area contributed by atoms with Crippen LogP contribution in [0.15, 0.2) is 54.4 Å². The van der Waals surface area contributed by atoms with E-state index in [9.17, 15) is 9.59 Å². The van der Waals surface area contributed by atoms with Crippen molar-refractivity contribution >= 4 is 18.0 Å². The molecule has 1 heterocycles. The molecule has 0 aliphatic heterocycles. The second-order valence-corrected chi connectivity index (χ2v) is 4.37. The number of carbonyl (C=O) groups is 2. The number of carbonyl (C=O) groups excluding carboxylic acids is 2. The van der Waals surface area contributed by atoms with Gasteiger partial charge in [0, 0.05) is 12.4 Å². The van der Waals surface area contributed by atoms with Gasteiger partial charge in [0.05, 0.1) is 12.7 Å². The minimum atomic E-state index is -0.731. The lowest BCUT2D eigenvalue weighted by molar-refractivity contribution is -0.135. The monoisotopic (exact) mass is 308 g/mol. The van der Waals surface area contributed by atoms with E-state index >= 15 is 0 Å². The van der Waals surface area contributed by atoms with E-state index in [1.165, 1.54) is 25.4 Å². The molecule has 0 aliphatic rings. The zero-order chi connectivity index (χ0) is 16.7. The minimum Gasteiger partial charge on any atom is -0.465 e. The molecule has 6 nitrogen and oxygen atoms in total. The molecule has 0 atom stereocenters. The van der Waals surface area contributed by atoms with Crippen molar-refractivity contribution in [3.8, 4) is 11.8 Å². The molecule has 0 spiro atoms. The molecule has 0 amide bonds. The van der Waals surface area contributed by atoms with Crippen molar-refractivity contribution in [2.75, 3.05) is 7.11 Å². The highest BCUT2D eigenvalue weighted by Crippen LogP contribution is 2.17. The highest BCUT2D eigenvalue weighted by atomic mass is 16.5. The van der Waals surface area contributed by atoms with Crippen molar-refractivity contribution in [2.45, 2.75) is 0 Å².